The molecule has 0 aliphatic carbocycles. The summed E-state index contributed by atoms with van der Waals surface area (Å²) < 4.78 is 0.535. The molecule has 0 saturated carbocycles. The summed E-state index contributed by atoms with van der Waals surface area (Å²) in [7, 11) is -2.65. The third kappa shape index (κ3) is 6.35. The number of benzene rings is 5. The van der Waals surface area contributed by atoms with Crippen molar-refractivity contribution in [2.75, 3.05) is 0 Å². The number of nitrogens with one attached hydrogen (secondary N) is 1. The molecule has 0 fully saturated rings. The van der Waals surface area contributed by atoms with Gasteiger partial charge in [0.25, 0.3) is 5.91 Å². The number of halogens is 2. The van der Waals surface area contributed by atoms with Gasteiger partial charge >= 0.3 is 0 Å². The maximum atomic E-state index is 13.8. The second kappa shape index (κ2) is 13.8. The van der Waals surface area contributed by atoms with Gasteiger partial charge in [-0.15, -0.1) is 0 Å². The van der Waals surface area contributed by atoms with Gasteiger partial charge in [0, 0.05) is 10.5 Å². The molecule has 5 aromatic carbocycles. The smallest absolute Gasteiger partial charge is 0.258 e. The third-order valence-corrected chi connectivity index (χ3v) is 12.3. The molecular formula is C34H28Cl2NOPS. The zero-order chi connectivity index (χ0) is 27.1. The summed E-state index contributed by atoms with van der Waals surface area (Å²) in [5.74, 6) is -0.194. The molecule has 0 aliphatic rings. The molecule has 1 N–H and O–H groups in total. The first kappa shape index (κ1) is 29.6. The topological polar surface area (TPSA) is 29.1 Å². The van der Waals surface area contributed by atoms with E-state index in [4.69, 9.17) is 11.6 Å². The molecule has 5 rings (SSSR count). The average molecular weight is 601 g/mol. The summed E-state index contributed by atoms with van der Waals surface area (Å²) in [6.07, 6.45) is 0. The zero-order valence-electron chi connectivity index (χ0n) is 21.9. The zero-order valence-corrected chi connectivity index (χ0v) is 25.1. The molecular weight excluding hydrogens is 572 g/mol. The average Bonchev–Trinajstić information content (AvgIpc) is 3.00. The van der Waals surface area contributed by atoms with Crippen LogP contribution in [0.1, 0.15) is 15.9 Å². The fraction of sp³-hybridized carbons (Fsp3) is 0.0294. The van der Waals surface area contributed by atoms with Crippen molar-refractivity contribution in [3.05, 3.63) is 167 Å². The Hall–Kier alpha value is -3.33. The summed E-state index contributed by atoms with van der Waals surface area (Å²) in [5.41, 5.74) is 2.47. The first-order chi connectivity index (χ1) is 19.1. The largest absolute Gasteiger partial charge is 1.00 e. The summed E-state index contributed by atoms with van der Waals surface area (Å²) in [4.78, 5) is 14.8. The lowest BCUT2D eigenvalue weighted by Crippen LogP contribution is -3.00. The van der Waals surface area contributed by atoms with Gasteiger partial charge < -0.3 is 12.4 Å². The van der Waals surface area contributed by atoms with Gasteiger partial charge in [-0.25, -0.2) is 0 Å². The first-order valence-electron chi connectivity index (χ1n) is 12.7. The van der Waals surface area contributed by atoms with Gasteiger partial charge in [0.05, 0.1) is 0 Å². The minimum atomic E-state index is -2.65. The summed E-state index contributed by atoms with van der Waals surface area (Å²) in [5, 5.41) is 6.65. The van der Waals surface area contributed by atoms with Crippen LogP contribution in [0.4, 0.5) is 0 Å². The van der Waals surface area contributed by atoms with Crippen LogP contribution >= 0.6 is 30.6 Å². The lowest BCUT2D eigenvalue weighted by molar-refractivity contribution is -0.0000157. The van der Waals surface area contributed by atoms with Crippen LogP contribution < -0.4 is 33.6 Å². The van der Waals surface area contributed by atoms with E-state index in [-0.39, 0.29) is 18.3 Å². The highest BCUT2D eigenvalue weighted by Crippen LogP contribution is 2.64. The molecule has 0 atom stereocenters. The van der Waals surface area contributed by atoms with E-state index >= 15 is 0 Å². The van der Waals surface area contributed by atoms with Crippen LogP contribution in [0.3, 0.4) is 0 Å². The first-order valence-corrected chi connectivity index (χ1v) is 15.6. The molecule has 2 nitrogen and oxygen atoms in total. The molecule has 0 saturated heterocycles. The predicted molar refractivity (Wildman–Crippen MR) is 169 cm³/mol. The van der Waals surface area contributed by atoms with Gasteiger partial charge in [-0.3, -0.25) is 10.1 Å². The van der Waals surface area contributed by atoms with Crippen molar-refractivity contribution in [2.45, 2.75) is 11.8 Å². The minimum Gasteiger partial charge on any atom is -1.00 e. The maximum Gasteiger partial charge on any atom is 0.258 e. The predicted octanol–water partition coefficient (Wildman–Crippen LogP) is 4.88. The Morgan fingerprint density at radius 2 is 1.02 bits per heavy atom. The van der Waals surface area contributed by atoms with Crippen molar-refractivity contribution in [3.63, 3.8) is 0 Å². The fourth-order valence-electron chi connectivity index (χ4n) is 4.58. The number of hydrogen-bond donors (Lipinski definition) is 1. The van der Waals surface area contributed by atoms with Gasteiger partial charge in [-0.2, -0.15) is 0 Å². The Morgan fingerprint density at radius 3 is 1.45 bits per heavy atom. The van der Waals surface area contributed by atoms with E-state index in [1.54, 1.807) is 0 Å². The number of carbonyl (C=O) groups is 1. The molecule has 0 spiro atoms. The lowest BCUT2D eigenvalue weighted by Gasteiger charge is -2.30. The number of carbonyl (C=O) groups excluding carboxylic acids is 1. The van der Waals surface area contributed by atoms with E-state index in [2.05, 4.69) is 72.9 Å². The van der Waals surface area contributed by atoms with Crippen LogP contribution in [0, 0.1) is 6.92 Å². The Bertz CT molecular complexity index is 1470. The molecule has 0 bridgehead atoms. The number of amides is 1. The standard InChI is InChI=1S/C34H27ClNOPS.ClH/c1-26-22-24-31(25-23-26)39-32(35)34(36-33(37)27-14-6-2-7-15-27)38(28-16-8-3-9-17-28,29-18-10-4-11-19-29)30-20-12-5-13-21-30;/h2-25H,1H3;1H/b34-32-;. The third-order valence-electron chi connectivity index (χ3n) is 6.45. The molecule has 1 amide bonds. The molecule has 0 aliphatic heterocycles. The molecule has 5 aromatic rings. The number of thioether (sulfide) groups is 1. The minimum absolute atomic E-state index is 0. The summed E-state index contributed by atoms with van der Waals surface area (Å²) in [6, 6.07) is 48.8. The highest BCUT2D eigenvalue weighted by Gasteiger charge is 2.52. The Labute approximate surface area is 252 Å². The molecule has 0 radical (unpaired) electrons. The monoisotopic (exact) mass is 599 g/mol. The Balaban J connectivity index is 0.00000370. The van der Waals surface area contributed by atoms with Gasteiger partial charge in [0.2, 0.25) is 5.44 Å². The Kier molecular flexibility index (Phi) is 10.3. The lowest BCUT2D eigenvalue weighted by atomic mass is 10.2. The van der Waals surface area contributed by atoms with E-state index in [1.165, 1.54) is 17.3 Å². The maximum absolute atomic E-state index is 13.8. The van der Waals surface area contributed by atoms with Gasteiger partial charge in [0.15, 0.2) is 7.26 Å². The Morgan fingerprint density at radius 1 is 0.625 bits per heavy atom. The van der Waals surface area contributed by atoms with Crippen molar-refractivity contribution in [1.29, 1.82) is 0 Å². The van der Waals surface area contributed by atoms with E-state index in [1.807, 2.05) is 84.9 Å². The van der Waals surface area contributed by atoms with Crippen molar-refractivity contribution < 1.29 is 17.2 Å². The number of aryl methyl sites for hydroxylation is 1. The molecule has 0 heterocycles. The van der Waals surface area contributed by atoms with Crippen LogP contribution in [-0.4, -0.2) is 5.91 Å². The molecule has 0 aromatic heterocycles. The van der Waals surface area contributed by atoms with Crippen molar-refractivity contribution in [3.8, 4) is 0 Å². The molecule has 6 heteroatoms. The van der Waals surface area contributed by atoms with Crippen molar-refractivity contribution >= 4 is 52.4 Å². The van der Waals surface area contributed by atoms with Crippen molar-refractivity contribution in [1.82, 2.24) is 5.32 Å². The summed E-state index contributed by atoms with van der Waals surface area (Å²) >= 11 is 8.81. The number of hydrogen-bond acceptors (Lipinski definition) is 2. The van der Waals surface area contributed by atoms with Crippen LogP contribution in [0.2, 0.25) is 0 Å². The van der Waals surface area contributed by atoms with Gasteiger partial charge in [-0.05, 0) is 67.6 Å². The fourth-order valence-corrected chi connectivity index (χ4v) is 10.5. The molecule has 40 heavy (non-hydrogen) atoms. The molecule has 200 valence electrons. The SMILES string of the molecule is Cc1ccc(S/C(Cl)=C(/NC(=O)c2ccccc2)[P+](c2ccccc2)(c2ccccc2)c2ccccc2)cc1.[Cl-]. The van der Waals surface area contributed by atoms with E-state index in [0.29, 0.717) is 15.4 Å². The number of rotatable bonds is 8. The van der Waals surface area contributed by atoms with Crippen LogP contribution in [-0.2, 0) is 0 Å². The van der Waals surface area contributed by atoms with E-state index < -0.39 is 7.26 Å². The van der Waals surface area contributed by atoms with Crippen molar-refractivity contribution in [2.24, 2.45) is 0 Å². The van der Waals surface area contributed by atoms with Crippen LogP contribution in [0.5, 0.6) is 0 Å². The second-order valence-electron chi connectivity index (χ2n) is 9.04. The van der Waals surface area contributed by atoms with E-state index in [9.17, 15) is 4.79 Å². The normalized spacial score (nSPS) is 11.7. The highest BCUT2D eigenvalue weighted by atomic mass is 35.5. The van der Waals surface area contributed by atoms with Gasteiger partial charge in [0.1, 0.15) is 20.3 Å². The van der Waals surface area contributed by atoms with Crippen LogP contribution in [0.15, 0.2) is 160 Å². The van der Waals surface area contributed by atoms with Crippen LogP contribution in [0.25, 0.3) is 0 Å². The highest BCUT2D eigenvalue weighted by molar-refractivity contribution is 8.06. The van der Waals surface area contributed by atoms with Gasteiger partial charge in [-0.1, -0.05) is 114 Å². The molecule has 0 unspecified atom stereocenters. The van der Waals surface area contributed by atoms with E-state index in [0.717, 1.165) is 20.8 Å². The second-order valence-corrected chi connectivity index (χ2v) is 14.1. The summed E-state index contributed by atoms with van der Waals surface area (Å²) in [6.45, 7) is 2.06. The quantitative estimate of drug-likeness (QED) is 0.203.